The average Bonchev–Trinajstić information content (AvgIpc) is 2.77. The lowest BCUT2D eigenvalue weighted by Crippen LogP contribution is -2.18. The van der Waals surface area contributed by atoms with Crippen molar-refractivity contribution < 1.29 is 9.50 Å². The molecule has 0 fully saturated rings. The van der Waals surface area contributed by atoms with E-state index in [0.29, 0.717) is 11.4 Å². The van der Waals surface area contributed by atoms with Crippen LogP contribution in [-0.4, -0.2) is 21.3 Å². The van der Waals surface area contributed by atoms with Gasteiger partial charge in [0.05, 0.1) is 36.6 Å². The van der Waals surface area contributed by atoms with Crippen molar-refractivity contribution in [3.63, 3.8) is 0 Å². The number of rotatable bonds is 3. The van der Waals surface area contributed by atoms with E-state index < -0.39 is 6.04 Å². The van der Waals surface area contributed by atoms with Crippen LogP contribution >= 0.6 is 0 Å². The van der Waals surface area contributed by atoms with Gasteiger partial charge in [-0.25, -0.2) is 9.37 Å². The van der Waals surface area contributed by atoms with Crippen molar-refractivity contribution in [2.45, 2.75) is 13.0 Å². The van der Waals surface area contributed by atoms with Crippen LogP contribution in [0.2, 0.25) is 0 Å². The Kier molecular flexibility index (Phi) is 3.21. The van der Waals surface area contributed by atoms with Gasteiger partial charge in [0.1, 0.15) is 5.82 Å². The molecule has 0 spiro atoms. The van der Waals surface area contributed by atoms with Crippen LogP contribution in [-0.2, 0) is 0 Å². The van der Waals surface area contributed by atoms with E-state index in [2.05, 4.69) is 4.98 Å². The Hall–Kier alpha value is -1.72. The molecule has 0 bridgehead atoms. The third-order valence-electron chi connectivity index (χ3n) is 2.61. The second-order valence-electron chi connectivity index (χ2n) is 3.93. The summed E-state index contributed by atoms with van der Waals surface area (Å²) in [5.74, 6) is -0.339. The molecule has 0 radical (unpaired) electrons. The number of aliphatic hydroxyl groups is 1. The molecular weight excluding hydrogens is 221 g/mol. The SMILES string of the molecule is Cc1ccc(-n2cncc2C(N)CO)c(F)c1. The molecule has 1 atom stereocenters. The highest BCUT2D eigenvalue weighted by Gasteiger charge is 2.14. The summed E-state index contributed by atoms with van der Waals surface area (Å²) in [6, 6.07) is 4.36. The number of halogens is 1. The van der Waals surface area contributed by atoms with Crippen molar-refractivity contribution in [3.8, 4) is 5.69 Å². The molecule has 90 valence electrons. The van der Waals surface area contributed by atoms with E-state index in [1.165, 1.54) is 18.6 Å². The molecule has 0 saturated heterocycles. The van der Waals surface area contributed by atoms with E-state index in [-0.39, 0.29) is 12.4 Å². The normalized spacial score (nSPS) is 12.7. The summed E-state index contributed by atoms with van der Waals surface area (Å²) in [6.45, 7) is 1.61. The zero-order chi connectivity index (χ0) is 12.4. The molecule has 2 rings (SSSR count). The van der Waals surface area contributed by atoms with Gasteiger partial charge in [-0.15, -0.1) is 0 Å². The molecule has 0 saturated carbocycles. The van der Waals surface area contributed by atoms with Gasteiger partial charge in [0.15, 0.2) is 0 Å². The summed E-state index contributed by atoms with van der Waals surface area (Å²) in [5.41, 5.74) is 7.53. The summed E-state index contributed by atoms with van der Waals surface area (Å²) < 4.78 is 15.4. The Balaban J connectivity index is 2.50. The monoisotopic (exact) mass is 235 g/mol. The first kappa shape index (κ1) is 11.8. The fraction of sp³-hybridized carbons (Fsp3) is 0.250. The molecule has 2 aromatic rings. The Morgan fingerprint density at radius 1 is 1.53 bits per heavy atom. The van der Waals surface area contributed by atoms with Gasteiger partial charge in [0, 0.05) is 0 Å². The highest BCUT2D eigenvalue weighted by atomic mass is 19.1. The summed E-state index contributed by atoms with van der Waals surface area (Å²) >= 11 is 0. The number of aryl methyl sites for hydroxylation is 1. The topological polar surface area (TPSA) is 64.1 Å². The molecule has 5 heteroatoms. The van der Waals surface area contributed by atoms with E-state index in [1.54, 1.807) is 10.6 Å². The average molecular weight is 235 g/mol. The maximum Gasteiger partial charge on any atom is 0.147 e. The molecule has 1 aromatic heterocycles. The third kappa shape index (κ3) is 2.20. The quantitative estimate of drug-likeness (QED) is 0.843. The maximum absolute atomic E-state index is 13.8. The van der Waals surface area contributed by atoms with Crippen LogP contribution in [0.3, 0.4) is 0 Å². The van der Waals surface area contributed by atoms with Crippen molar-refractivity contribution in [2.24, 2.45) is 5.73 Å². The molecular formula is C12H14FN3O. The third-order valence-corrected chi connectivity index (χ3v) is 2.61. The molecule has 17 heavy (non-hydrogen) atoms. The Morgan fingerprint density at radius 3 is 2.94 bits per heavy atom. The van der Waals surface area contributed by atoms with Crippen LogP contribution in [0.25, 0.3) is 5.69 Å². The van der Waals surface area contributed by atoms with E-state index in [4.69, 9.17) is 10.8 Å². The summed E-state index contributed by atoms with van der Waals surface area (Å²) in [4.78, 5) is 3.94. The number of hydrogen-bond acceptors (Lipinski definition) is 3. The van der Waals surface area contributed by atoms with Crippen LogP contribution in [0.1, 0.15) is 17.3 Å². The number of nitrogens with zero attached hydrogens (tertiary/aromatic N) is 2. The minimum absolute atomic E-state index is 0.209. The van der Waals surface area contributed by atoms with E-state index in [1.807, 2.05) is 13.0 Å². The number of aromatic nitrogens is 2. The minimum atomic E-state index is -0.571. The summed E-state index contributed by atoms with van der Waals surface area (Å²) in [7, 11) is 0. The van der Waals surface area contributed by atoms with Crippen molar-refractivity contribution >= 4 is 0 Å². The largest absolute Gasteiger partial charge is 0.394 e. The molecule has 1 heterocycles. The molecule has 1 unspecified atom stereocenters. The highest BCUT2D eigenvalue weighted by molar-refractivity contribution is 5.38. The number of nitrogens with two attached hydrogens (primary N) is 1. The molecule has 0 aliphatic rings. The molecule has 0 aliphatic heterocycles. The van der Waals surface area contributed by atoms with Crippen molar-refractivity contribution in [2.75, 3.05) is 6.61 Å². The second-order valence-corrected chi connectivity index (χ2v) is 3.93. The van der Waals surface area contributed by atoms with E-state index in [9.17, 15) is 4.39 Å². The first-order valence-electron chi connectivity index (χ1n) is 5.28. The maximum atomic E-state index is 13.8. The Bertz CT molecular complexity index is 524. The van der Waals surface area contributed by atoms with Crippen molar-refractivity contribution in [3.05, 3.63) is 47.8 Å². The summed E-state index contributed by atoms with van der Waals surface area (Å²) in [5, 5.41) is 9.03. The number of aliphatic hydroxyl groups excluding tert-OH is 1. The van der Waals surface area contributed by atoms with E-state index >= 15 is 0 Å². The lowest BCUT2D eigenvalue weighted by molar-refractivity contribution is 0.265. The van der Waals surface area contributed by atoms with Crippen molar-refractivity contribution in [1.29, 1.82) is 0 Å². The molecule has 1 aromatic carbocycles. The van der Waals surface area contributed by atoms with Crippen LogP contribution in [0.15, 0.2) is 30.7 Å². The molecule has 4 nitrogen and oxygen atoms in total. The molecule has 0 aliphatic carbocycles. The van der Waals surface area contributed by atoms with Gasteiger partial charge in [-0.1, -0.05) is 6.07 Å². The first-order valence-corrected chi connectivity index (χ1v) is 5.28. The fourth-order valence-electron chi connectivity index (χ4n) is 1.68. The standard InChI is InChI=1S/C12H14FN3O/c1-8-2-3-11(9(13)4-8)16-7-15-5-12(16)10(14)6-17/h2-5,7,10,17H,6,14H2,1H3. The zero-order valence-corrected chi connectivity index (χ0v) is 9.47. The fourth-order valence-corrected chi connectivity index (χ4v) is 1.68. The number of hydrogen-bond donors (Lipinski definition) is 2. The smallest absolute Gasteiger partial charge is 0.147 e. The lowest BCUT2D eigenvalue weighted by Gasteiger charge is -2.13. The molecule has 0 amide bonds. The predicted octanol–water partition coefficient (Wildman–Crippen LogP) is 1.31. The van der Waals surface area contributed by atoms with Gasteiger partial charge in [-0.3, -0.25) is 4.57 Å². The van der Waals surface area contributed by atoms with Crippen LogP contribution in [0.4, 0.5) is 4.39 Å². The summed E-state index contributed by atoms with van der Waals surface area (Å²) in [6.07, 6.45) is 3.01. The van der Waals surface area contributed by atoms with Gasteiger partial charge in [-0.2, -0.15) is 0 Å². The molecule has 3 N–H and O–H groups in total. The Labute approximate surface area is 98.5 Å². The highest BCUT2D eigenvalue weighted by Crippen LogP contribution is 2.19. The van der Waals surface area contributed by atoms with Gasteiger partial charge in [0.25, 0.3) is 0 Å². The number of imidazole rings is 1. The number of benzene rings is 1. The van der Waals surface area contributed by atoms with Gasteiger partial charge < -0.3 is 10.8 Å². The van der Waals surface area contributed by atoms with Crippen molar-refractivity contribution in [1.82, 2.24) is 9.55 Å². The predicted molar refractivity (Wildman–Crippen MR) is 62.3 cm³/mol. The minimum Gasteiger partial charge on any atom is -0.394 e. The van der Waals surface area contributed by atoms with Crippen LogP contribution in [0.5, 0.6) is 0 Å². The van der Waals surface area contributed by atoms with Gasteiger partial charge in [-0.05, 0) is 24.6 Å². The van der Waals surface area contributed by atoms with E-state index in [0.717, 1.165) is 5.56 Å². The van der Waals surface area contributed by atoms with Crippen LogP contribution in [0, 0.1) is 12.7 Å². The van der Waals surface area contributed by atoms with Gasteiger partial charge in [0.2, 0.25) is 0 Å². The Morgan fingerprint density at radius 2 is 2.29 bits per heavy atom. The van der Waals surface area contributed by atoms with Gasteiger partial charge >= 0.3 is 0 Å². The lowest BCUT2D eigenvalue weighted by atomic mass is 10.2. The first-order chi connectivity index (χ1) is 8.13. The second kappa shape index (κ2) is 4.65. The van der Waals surface area contributed by atoms with Crippen LogP contribution < -0.4 is 5.73 Å². The zero-order valence-electron chi connectivity index (χ0n) is 9.47.